The van der Waals surface area contributed by atoms with E-state index in [4.69, 9.17) is 21.4 Å². The van der Waals surface area contributed by atoms with E-state index in [1.807, 2.05) is 0 Å². The Bertz CT molecular complexity index is 578. The topological polar surface area (TPSA) is 73.1 Å². The minimum atomic E-state index is -1.21. The highest BCUT2D eigenvalue weighted by molar-refractivity contribution is 6.28. The van der Waals surface area contributed by atoms with Gasteiger partial charge in [-0.15, -0.1) is 0 Å². The first-order chi connectivity index (χ1) is 8.69. The molecule has 18 heavy (non-hydrogen) atoms. The van der Waals surface area contributed by atoms with E-state index in [1.54, 1.807) is 0 Å². The predicted octanol–water partition coefficient (Wildman–Crippen LogP) is 1.10. The largest absolute Gasteiger partial charge is 0.394 e. The molecule has 0 bridgehead atoms. The molecule has 0 spiro atoms. The van der Waals surface area contributed by atoms with Crippen molar-refractivity contribution in [2.45, 2.75) is 24.9 Å². The van der Waals surface area contributed by atoms with Gasteiger partial charge in [-0.25, -0.2) is 14.4 Å². The fourth-order valence-corrected chi connectivity index (χ4v) is 2.18. The highest BCUT2D eigenvalue weighted by Gasteiger charge is 2.37. The first-order valence-electron chi connectivity index (χ1n) is 5.44. The molecule has 1 aliphatic rings. The van der Waals surface area contributed by atoms with E-state index in [-0.39, 0.29) is 18.3 Å². The maximum Gasteiger partial charge on any atom is 0.224 e. The molecule has 1 N–H and O–H groups in total. The van der Waals surface area contributed by atoms with E-state index >= 15 is 0 Å². The highest BCUT2D eigenvalue weighted by atomic mass is 35.5. The van der Waals surface area contributed by atoms with Crippen LogP contribution in [0.2, 0.25) is 5.28 Å². The minimum absolute atomic E-state index is 0.0661. The Morgan fingerprint density at radius 2 is 2.39 bits per heavy atom. The smallest absolute Gasteiger partial charge is 0.224 e. The maximum atomic E-state index is 13.9. The Morgan fingerprint density at radius 1 is 1.56 bits per heavy atom. The Hall–Kier alpha value is -1.31. The summed E-state index contributed by atoms with van der Waals surface area (Å²) >= 11 is 5.71. The molecule has 96 valence electrons. The quantitative estimate of drug-likeness (QED) is 0.829. The van der Waals surface area contributed by atoms with Crippen LogP contribution in [0.15, 0.2) is 12.5 Å². The average Bonchev–Trinajstić information content (AvgIpc) is 2.92. The Labute approximate surface area is 106 Å². The normalized spacial score (nSPS) is 28.1. The lowest BCUT2D eigenvalue weighted by Crippen LogP contribution is -2.16. The number of alkyl halides is 1. The van der Waals surface area contributed by atoms with Crippen LogP contribution in [0.4, 0.5) is 4.39 Å². The van der Waals surface area contributed by atoms with E-state index < -0.39 is 18.5 Å². The average molecular weight is 273 g/mol. The fourth-order valence-electron chi connectivity index (χ4n) is 2.06. The number of aliphatic hydroxyl groups excluding tert-OH is 1. The van der Waals surface area contributed by atoms with Crippen LogP contribution in [0.25, 0.3) is 11.2 Å². The van der Waals surface area contributed by atoms with Crippen LogP contribution in [0.3, 0.4) is 0 Å². The number of halogens is 2. The second kappa shape index (κ2) is 4.42. The monoisotopic (exact) mass is 272 g/mol. The summed E-state index contributed by atoms with van der Waals surface area (Å²) in [6.07, 6.45) is 0.505. The van der Waals surface area contributed by atoms with Crippen molar-refractivity contribution in [2.75, 3.05) is 6.61 Å². The van der Waals surface area contributed by atoms with Crippen molar-refractivity contribution in [2.24, 2.45) is 0 Å². The third-order valence-corrected chi connectivity index (χ3v) is 3.08. The molecule has 3 heterocycles. The van der Waals surface area contributed by atoms with E-state index in [2.05, 4.69) is 15.0 Å². The zero-order valence-electron chi connectivity index (χ0n) is 9.20. The molecule has 1 saturated heterocycles. The number of aliphatic hydroxyl groups is 1. The Kier molecular flexibility index (Phi) is 2.89. The zero-order chi connectivity index (χ0) is 12.7. The summed E-state index contributed by atoms with van der Waals surface area (Å²) in [6.45, 7) is -0.209. The van der Waals surface area contributed by atoms with Gasteiger partial charge in [-0.1, -0.05) is 0 Å². The first-order valence-corrected chi connectivity index (χ1v) is 5.82. The molecular weight excluding hydrogens is 263 g/mol. The van der Waals surface area contributed by atoms with Gasteiger partial charge in [-0.3, -0.25) is 4.57 Å². The van der Waals surface area contributed by atoms with Gasteiger partial charge in [0.05, 0.1) is 25.2 Å². The summed E-state index contributed by atoms with van der Waals surface area (Å²) in [5.41, 5.74) is 0.934. The minimum Gasteiger partial charge on any atom is -0.394 e. The van der Waals surface area contributed by atoms with Crippen molar-refractivity contribution in [1.29, 1.82) is 0 Å². The molecule has 0 amide bonds. The Morgan fingerprint density at radius 3 is 3.11 bits per heavy atom. The summed E-state index contributed by atoms with van der Waals surface area (Å²) in [7, 11) is 0. The lowest BCUT2D eigenvalue weighted by molar-refractivity contribution is -0.0351. The highest BCUT2D eigenvalue weighted by Crippen LogP contribution is 2.32. The summed E-state index contributed by atoms with van der Waals surface area (Å²) in [4.78, 5) is 11.9. The van der Waals surface area contributed by atoms with Gasteiger partial charge in [-0.05, 0) is 11.6 Å². The lowest BCUT2D eigenvalue weighted by atomic mass is 10.2. The van der Waals surface area contributed by atoms with E-state index in [0.717, 1.165) is 0 Å². The second-order valence-electron chi connectivity index (χ2n) is 4.08. The molecule has 6 nitrogen and oxygen atoms in total. The third-order valence-electron chi connectivity index (χ3n) is 2.89. The molecule has 3 atom stereocenters. The van der Waals surface area contributed by atoms with Gasteiger partial charge in [0.15, 0.2) is 11.9 Å². The lowest BCUT2D eigenvalue weighted by Gasteiger charge is -2.15. The van der Waals surface area contributed by atoms with Crippen molar-refractivity contribution >= 4 is 22.8 Å². The molecule has 0 aliphatic carbocycles. The van der Waals surface area contributed by atoms with Crippen LogP contribution in [-0.2, 0) is 4.74 Å². The Balaban J connectivity index is 2.01. The molecule has 0 saturated carbocycles. The zero-order valence-corrected chi connectivity index (χ0v) is 9.96. The van der Waals surface area contributed by atoms with Gasteiger partial charge in [0, 0.05) is 6.42 Å². The standard InChI is InChI=1S/C10H10ClFN4O2/c11-10-13-2-7-8(15-10)16(4-14-7)9-6(12)1-5(3-17)18-9/h2,4-6,9,17H,1,3H2/t5-,6-,9+/m0/s1. The molecule has 1 fully saturated rings. The molecule has 2 aromatic heterocycles. The van der Waals surface area contributed by atoms with Gasteiger partial charge in [0.2, 0.25) is 5.28 Å². The first kappa shape index (κ1) is 11.8. The molecule has 3 rings (SSSR count). The molecular formula is C10H10ClFN4O2. The van der Waals surface area contributed by atoms with Crippen LogP contribution in [0.5, 0.6) is 0 Å². The summed E-state index contributed by atoms with van der Waals surface area (Å²) in [6, 6.07) is 0. The van der Waals surface area contributed by atoms with Gasteiger partial charge in [0.1, 0.15) is 11.7 Å². The van der Waals surface area contributed by atoms with Crippen molar-refractivity contribution in [1.82, 2.24) is 19.5 Å². The number of fused-ring (bicyclic) bond motifs is 1. The molecule has 0 unspecified atom stereocenters. The molecule has 0 radical (unpaired) electrons. The number of hydrogen-bond acceptors (Lipinski definition) is 5. The maximum absolute atomic E-state index is 13.9. The van der Waals surface area contributed by atoms with Crippen molar-refractivity contribution in [3.05, 3.63) is 17.8 Å². The summed E-state index contributed by atoms with van der Waals surface area (Å²) < 4.78 is 20.7. The number of imidazole rings is 1. The molecule has 2 aromatic rings. The van der Waals surface area contributed by atoms with E-state index in [9.17, 15) is 4.39 Å². The van der Waals surface area contributed by atoms with Crippen LogP contribution in [0.1, 0.15) is 12.6 Å². The van der Waals surface area contributed by atoms with E-state index in [0.29, 0.717) is 11.2 Å². The number of aromatic nitrogens is 4. The second-order valence-corrected chi connectivity index (χ2v) is 4.42. The van der Waals surface area contributed by atoms with Crippen LogP contribution < -0.4 is 0 Å². The number of rotatable bonds is 2. The van der Waals surface area contributed by atoms with Crippen molar-refractivity contribution in [3.63, 3.8) is 0 Å². The van der Waals surface area contributed by atoms with E-state index in [1.165, 1.54) is 17.1 Å². The summed E-state index contributed by atoms with van der Waals surface area (Å²) in [5, 5.41) is 9.06. The van der Waals surface area contributed by atoms with Gasteiger partial charge in [-0.2, -0.15) is 4.98 Å². The van der Waals surface area contributed by atoms with Crippen LogP contribution in [-0.4, -0.2) is 43.5 Å². The SMILES string of the molecule is OC[C@@H]1C[C@H](F)[C@H](n2cnc3cnc(Cl)nc32)O1. The van der Waals surface area contributed by atoms with Gasteiger partial charge >= 0.3 is 0 Å². The van der Waals surface area contributed by atoms with Crippen molar-refractivity contribution in [3.8, 4) is 0 Å². The number of ether oxygens (including phenoxy) is 1. The van der Waals surface area contributed by atoms with Gasteiger partial charge < -0.3 is 9.84 Å². The fraction of sp³-hybridized carbons (Fsp3) is 0.500. The van der Waals surface area contributed by atoms with Gasteiger partial charge in [0.25, 0.3) is 0 Å². The number of hydrogen-bond donors (Lipinski definition) is 1. The number of nitrogens with zero attached hydrogens (tertiary/aromatic N) is 4. The van der Waals surface area contributed by atoms with Crippen LogP contribution in [0, 0.1) is 0 Å². The van der Waals surface area contributed by atoms with Crippen LogP contribution >= 0.6 is 11.6 Å². The predicted molar refractivity (Wildman–Crippen MR) is 60.8 cm³/mol. The molecule has 0 aromatic carbocycles. The summed E-state index contributed by atoms with van der Waals surface area (Å²) in [5.74, 6) is 0. The molecule has 1 aliphatic heterocycles. The third kappa shape index (κ3) is 1.84. The molecule has 8 heteroatoms. The van der Waals surface area contributed by atoms with Crippen molar-refractivity contribution < 1.29 is 14.2 Å².